The van der Waals surface area contributed by atoms with Crippen LogP contribution in [0.2, 0.25) is 0 Å². The van der Waals surface area contributed by atoms with Gasteiger partial charge in [0.2, 0.25) is 0 Å². The Morgan fingerprint density at radius 1 is 0.878 bits per heavy atom. The van der Waals surface area contributed by atoms with Crippen molar-refractivity contribution in [1.29, 1.82) is 0 Å². The molecule has 5 aliphatic rings. The van der Waals surface area contributed by atoms with Gasteiger partial charge in [-0.05, 0) is 118 Å². The maximum absolute atomic E-state index is 6.82. The molecule has 0 amide bonds. The Morgan fingerprint density at radius 3 is 2.45 bits per heavy atom. The number of hydrogen-bond donors (Lipinski definition) is 2. The number of benzene rings is 2. The monoisotopic (exact) mass is 994 g/mol. The van der Waals surface area contributed by atoms with E-state index in [4.69, 9.17) is 15.8 Å². The van der Waals surface area contributed by atoms with E-state index >= 15 is 0 Å². The van der Waals surface area contributed by atoms with Crippen molar-refractivity contribution in [3.8, 4) is 11.3 Å². The van der Waals surface area contributed by atoms with Gasteiger partial charge in [0, 0.05) is 113 Å². The number of piperazine rings is 1. The van der Waals surface area contributed by atoms with Gasteiger partial charge in [0.25, 0.3) is 0 Å². The van der Waals surface area contributed by atoms with Gasteiger partial charge in [-0.2, -0.15) is 5.10 Å². The van der Waals surface area contributed by atoms with Crippen LogP contribution >= 0.6 is 0 Å². The van der Waals surface area contributed by atoms with Crippen molar-refractivity contribution < 1.29 is 0 Å². The van der Waals surface area contributed by atoms with E-state index in [1.807, 2.05) is 7.05 Å². The summed E-state index contributed by atoms with van der Waals surface area (Å²) >= 11 is 0. The molecule has 2 aliphatic carbocycles. The predicted octanol–water partition coefficient (Wildman–Crippen LogP) is 12.2. The van der Waals surface area contributed by atoms with E-state index in [0.29, 0.717) is 0 Å². The molecule has 0 bridgehead atoms. The van der Waals surface area contributed by atoms with E-state index in [1.54, 1.807) is 6.33 Å². The molecule has 2 aromatic heterocycles. The van der Waals surface area contributed by atoms with Gasteiger partial charge in [-0.1, -0.05) is 118 Å². The number of likely N-dealkylation sites (tertiary alicyclic amines) is 1. The largest absolute Gasteiger partial charge is 0.398 e. The molecule has 0 spiro atoms. The van der Waals surface area contributed by atoms with Crippen molar-refractivity contribution in [2.75, 3.05) is 89.8 Å². The Morgan fingerprint density at radius 2 is 1.65 bits per heavy atom. The average Bonchev–Trinajstić information content (AvgIpc) is 3.84. The lowest BCUT2D eigenvalue weighted by molar-refractivity contribution is 0.134. The quantitative estimate of drug-likeness (QED) is 0.0585. The Kier molecular flexibility index (Phi) is 17.9. The molecule has 0 saturated carbocycles. The lowest BCUT2D eigenvalue weighted by Gasteiger charge is -2.36. The molecular formula is C63H83N11. The fourth-order valence-electron chi connectivity index (χ4n) is 11.6. The number of fused-ring (bicyclic) bond motifs is 2. The van der Waals surface area contributed by atoms with E-state index in [0.717, 1.165) is 175 Å². The number of aromatic nitrogens is 4. The normalized spacial score (nSPS) is 19.6. The molecule has 0 radical (unpaired) electrons. The Hall–Kier alpha value is -6.43. The number of anilines is 2. The van der Waals surface area contributed by atoms with Gasteiger partial charge in [0.1, 0.15) is 17.8 Å². The van der Waals surface area contributed by atoms with Crippen molar-refractivity contribution in [3.05, 3.63) is 168 Å². The number of hydrogen-bond acceptors (Lipinski definition) is 10. The van der Waals surface area contributed by atoms with Crippen molar-refractivity contribution in [2.24, 2.45) is 5.73 Å². The SMILES string of the molecule is C=C(CCCCCCCC(=C)N1CC2=C(CCC=C2)/C(C)=C(/N)c2ccccc21)N(C)CCN1CCN(C/C=C/C(=C)N2CCCC(n3nc(-c4ccc(CC5=CCCC=C5)cc4)c4c(NC)ncnc43)C2)CC1. The second-order valence-corrected chi connectivity index (χ2v) is 21.3. The van der Waals surface area contributed by atoms with Gasteiger partial charge >= 0.3 is 0 Å². The standard InChI is InChI=1S/C63H83N11/c1-47(21-11-8-7-9-12-22-49(3)73-44-54-26-15-16-28-56(54)50(4)60(64)57-29-17-18-30-58(57)73)69(6)37-38-71-41-39-70(40-42-71)35-19-23-48(2)72-36-20-27-55(45-72)74-63-59(62(65-5)66-46-67-63)61(68-74)53-33-31-52(32-34-53)43-51-24-13-10-14-25-51/h13,15,17-19,23-26,29-34,46,55H,1-3,7-12,14,16,20-22,27-28,35-45,64H2,4-6H3,(H,65,66,67)/b23-19+,60-50+. The lowest BCUT2D eigenvalue weighted by Crippen LogP contribution is -2.48. The van der Waals surface area contributed by atoms with Crippen LogP contribution in [0, 0.1) is 0 Å². The van der Waals surface area contributed by atoms with E-state index in [1.165, 1.54) is 70.6 Å². The third-order valence-corrected chi connectivity index (χ3v) is 16.3. The number of nitrogens with zero attached hydrogens (tertiary/aromatic N) is 9. The summed E-state index contributed by atoms with van der Waals surface area (Å²) in [6.45, 7) is 25.9. The number of rotatable bonds is 22. The zero-order valence-corrected chi connectivity index (χ0v) is 45.0. The van der Waals surface area contributed by atoms with Gasteiger partial charge in [-0.25, -0.2) is 14.6 Å². The number of likely N-dealkylation sites (N-methyl/N-ethyl adjacent to an activating group) is 1. The van der Waals surface area contributed by atoms with Crippen LogP contribution in [0.15, 0.2) is 157 Å². The first kappa shape index (κ1) is 52.4. The smallest absolute Gasteiger partial charge is 0.164 e. The first-order chi connectivity index (χ1) is 36.1. The highest BCUT2D eigenvalue weighted by Crippen LogP contribution is 2.39. The molecule has 1 unspecified atom stereocenters. The summed E-state index contributed by atoms with van der Waals surface area (Å²) in [5.41, 5.74) is 23.1. The van der Waals surface area contributed by atoms with Crippen LogP contribution in [0.1, 0.15) is 108 Å². The van der Waals surface area contributed by atoms with Crippen molar-refractivity contribution in [3.63, 3.8) is 0 Å². The molecule has 9 rings (SSSR count). The Balaban J connectivity index is 0.665. The first-order valence-electron chi connectivity index (χ1n) is 27.8. The summed E-state index contributed by atoms with van der Waals surface area (Å²) in [4.78, 5) is 21.8. The lowest BCUT2D eigenvalue weighted by atomic mass is 9.87. The fraction of sp³-hybridized carbons (Fsp3) is 0.444. The summed E-state index contributed by atoms with van der Waals surface area (Å²) in [5.74, 6) is 0.805. The third-order valence-electron chi connectivity index (χ3n) is 16.3. The third kappa shape index (κ3) is 12.7. The van der Waals surface area contributed by atoms with Crippen molar-refractivity contribution >= 4 is 28.2 Å². The van der Waals surface area contributed by atoms with Crippen molar-refractivity contribution in [1.82, 2.24) is 39.3 Å². The number of allylic oxidation sites excluding steroid dienone is 10. The molecule has 390 valence electrons. The molecule has 11 nitrogen and oxygen atoms in total. The molecule has 1 atom stereocenters. The molecule has 74 heavy (non-hydrogen) atoms. The first-order valence-corrected chi connectivity index (χ1v) is 27.8. The van der Waals surface area contributed by atoms with Crippen LogP contribution in [0.3, 0.4) is 0 Å². The maximum atomic E-state index is 6.82. The van der Waals surface area contributed by atoms with Crippen molar-refractivity contribution in [2.45, 2.75) is 103 Å². The highest BCUT2D eigenvalue weighted by Gasteiger charge is 2.28. The van der Waals surface area contributed by atoms with Crippen LogP contribution < -0.4 is 16.0 Å². The van der Waals surface area contributed by atoms with Crippen LogP contribution in [-0.4, -0.2) is 119 Å². The summed E-state index contributed by atoms with van der Waals surface area (Å²) in [6, 6.07) is 17.7. The zero-order chi connectivity index (χ0) is 51.4. The van der Waals surface area contributed by atoms with Crippen LogP contribution in [0.5, 0.6) is 0 Å². The zero-order valence-electron chi connectivity index (χ0n) is 45.0. The molecule has 5 heterocycles. The minimum atomic E-state index is 0.177. The van der Waals surface area contributed by atoms with Crippen LogP contribution in [0.25, 0.3) is 28.0 Å². The summed E-state index contributed by atoms with van der Waals surface area (Å²) in [6.07, 6.45) is 33.3. The van der Waals surface area contributed by atoms with Gasteiger partial charge in [0.15, 0.2) is 5.65 Å². The highest BCUT2D eigenvalue weighted by molar-refractivity contribution is 5.99. The van der Waals surface area contributed by atoms with Gasteiger partial charge in [-0.3, -0.25) is 9.80 Å². The average molecular weight is 994 g/mol. The van der Waals surface area contributed by atoms with E-state index in [-0.39, 0.29) is 6.04 Å². The van der Waals surface area contributed by atoms with Gasteiger partial charge < -0.3 is 25.8 Å². The van der Waals surface area contributed by atoms with E-state index in [9.17, 15) is 0 Å². The molecule has 2 aromatic carbocycles. The maximum Gasteiger partial charge on any atom is 0.164 e. The summed E-state index contributed by atoms with van der Waals surface area (Å²) < 4.78 is 2.16. The minimum Gasteiger partial charge on any atom is -0.398 e. The number of nitrogens with two attached hydrogens (primary N) is 1. The number of para-hydroxylation sites is 1. The molecule has 3 N–H and O–H groups in total. The number of piperidine rings is 1. The second-order valence-electron chi connectivity index (χ2n) is 21.3. The van der Waals surface area contributed by atoms with E-state index < -0.39 is 0 Å². The molecule has 3 aliphatic heterocycles. The number of unbranched alkanes of at least 4 members (excludes halogenated alkanes) is 4. The molecule has 2 saturated heterocycles. The molecule has 11 heteroatoms. The minimum absolute atomic E-state index is 0.177. The highest BCUT2D eigenvalue weighted by atomic mass is 15.4. The van der Waals surface area contributed by atoms with E-state index in [2.05, 4.69) is 164 Å². The van der Waals surface area contributed by atoms with Gasteiger partial charge in [0.05, 0.1) is 17.1 Å². The summed E-state index contributed by atoms with van der Waals surface area (Å²) in [7, 11) is 4.14. The Bertz CT molecular complexity index is 2810. The molecule has 4 aromatic rings. The molecule has 2 fully saturated rings. The predicted molar refractivity (Wildman–Crippen MR) is 311 cm³/mol. The van der Waals surface area contributed by atoms with Crippen LogP contribution in [-0.2, 0) is 6.42 Å². The second kappa shape index (κ2) is 25.2. The summed E-state index contributed by atoms with van der Waals surface area (Å²) in [5, 5.41) is 9.59. The fourth-order valence-corrected chi connectivity index (χ4v) is 11.6. The van der Waals surface area contributed by atoms with Crippen LogP contribution in [0.4, 0.5) is 11.5 Å². The Labute approximate surface area is 443 Å². The number of nitrogens with one attached hydrogen (secondary N) is 1. The topological polar surface area (TPSA) is 97.9 Å². The van der Waals surface area contributed by atoms with Gasteiger partial charge in [-0.15, -0.1) is 0 Å². The molecular weight excluding hydrogens is 911 g/mol.